The first kappa shape index (κ1) is 21.0. The fourth-order valence-electron chi connectivity index (χ4n) is 3.59. The minimum atomic E-state index is -0.203. The summed E-state index contributed by atoms with van der Waals surface area (Å²) >= 11 is 0. The molecular formula is C23H29N3O3. The molecule has 2 amide bonds. The van der Waals surface area contributed by atoms with Gasteiger partial charge in [0.2, 0.25) is 5.91 Å². The van der Waals surface area contributed by atoms with Gasteiger partial charge in [0.15, 0.2) is 0 Å². The Hall–Kier alpha value is -2.70. The molecule has 29 heavy (non-hydrogen) atoms. The maximum Gasteiger partial charge on any atom is 0.256 e. The van der Waals surface area contributed by atoms with Gasteiger partial charge in [-0.25, -0.2) is 0 Å². The van der Waals surface area contributed by atoms with E-state index >= 15 is 0 Å². The molecule has 2 N–H and O–H groups in total. The van der Waals surface area contributed by atoms with E-state index in [1.54, 1.807) is 25.3 Å². The first-order chi connectivity index (χ1) is 14.2. The maximum atomic E-state index is 12.7. The molecule has 0 atom stereocenters. The van der Waals surface area contributed by atoms with Crippen molar-refractivity contribution in [2.75, 3.05) is 37.4 Å². The molecule has 154 valence electrons. The Kier molecular flexibility index (Phi) is 7.78. The summed E-state index contributed by atoms with van der Waals surface area (Å²) in [6.07, 6.45) is 4.79. The topological polar surface area (TPSA) is 70.7 Å². The van der Waals surface area contributed by atoms with E-state index in [1.165, 1.54) is 12.8 Å². The molecule has 1 aliphatic rings. The van der Waals surface area contributed by atoms with Crippen molar-refractivity contribution >= 4 is 23.2 Å². The lowest BCUT2D eigenvalue weighted by molar-refractivity contribution is -0.117. The molecule has 1 saturated heterocycles. The Labute approximate surface area is 172 Å². The van der Waals surface area contributed by atoms with Gasteiger partial charge in [-0.2, -0.15) is 0 Å². The van der Waals surface area contributed by atoms with Gasteiger partial charge < -0.3 is 15.4 Å². The second-order valence-electron chi connectivity index (χ2n) is 7.36. The molecule has 0 radical (unpaired) electrons. The van der Waals surface area contributed by atoms with Crippen LogP contribution in [-0.2, 0) is 16.1 Å². The normalized spacial score (nSPS) is 14.8. The lowest BCUT2D eigenvalue weighted by Gasteiger charge is -2.19. The van der Waals surface area contributed by atoms with Crippen molar-refractivity contribution in [2.45, 2.75) is 32.3 Å². The van der Waals surface area contributed by atoms with E-state index < -0.39 is 0 Å². The molecule has 0 spiro atoms. The van der Waals surface area contributed by atoms with E-state index in [2.05, 4.69) is 15.5 Å². The standard InChI is InChI=1S/C23H29N3O3/c1-29-17-18-9-4-5-12-21(18)23(28)25-20-11-8-10-19(15-20)24-22(27)16-26-13-6-2-3-7-14-26/h4-5,8-12,15H,2-3,6-7,13-14,16-17H2,1H3,(H,24,27)(H,25,28). The number of carbonyl (C=O) groups is 2. The molecule has 0 aliphatic carbocycles. The molecule has 2 aromatic carbocycles. The molecule has 2 aromatic rings. The Morgan fingerprint density at radius 2 is 1.62 bits per heavy atom. The fraction of sp³-hybridized carbons (Fsp3) is 0.391. The quantitative estimate of drug-likeness (QED) is 0.746. The molecule has 6 nitrogen and oxygen atoms in total. The summed E-state index contributed by atoms with van der Waals surface area (Å²) in [6, 6.07) is 14.6. The lowest BCUT2D eigenvalue weighted by atomic mass is 10.1. The number of carbonyl (C=O) groups excluding carboxylic acids is 2. The number of amides is 2. The van der Waals surface area contributed by atoms with Gasteiger partial charge in [-0.15, -0.1) is 0 Å². The average molecular weight is 396 g/mol. The van der Waals surface area contributed by atoms with E-state index in [9.17, 15) is 9.59 Å². The van der Waals surface area contributed by atoms with Crippen LogP contribution in [0.5, 0.6) is 0 Å². The molecule has 1 fully saturated rings. The Balaban J connectivity index is 1.60. The van der Waals surface area contributed by atoms with Crippen LogP contribution in [0.15, 0.2) is 48.5 Å². The summed E-state index contributed by atoms with van der Waals surface area (Å²) in [5.74, 6) is -0.230. The molecule has 1 aliphatic heterocycles. The van der Waals surface area contributed by atoms with Gasteiger partial charge in [-0.3, -0.25) is 14.5 Å². The van der Waals surface area contributed by atoms with Gasteiger partial charge in [-0.1, -0.05) is 37.1 Å². The largest absolute Gasteiger partial charge is 0.380 e. The van der Waals surface area contributed by atoms with Crippen LogP contribution in [-0.4, -0.2) is 43.5 Å². The number of anilines is 2. The summed E-state index contributed by atoms with van der Waals surface area (Å²) in [7, 11) is 1.60. The number of likely N-dealkylation sites (tertiary alicyclic amines) is 1. The number of benzene rings is 2. The van der Waals surface area contributed by atoms with E-state index in [1.807, 2.05) is 30.3 Å². The number of nitrogens with zero attached hydrogens (tertiary/aromatic N) is 1. The zero-order chi connectivity index (χ0) is 20.5. The molecular weight excluding hydrogens is 366 g/mol. The third-order valence-corrected chi connectivity index (χ3v) is 5.03. The minimum Gasteiger partial charge on any atom is -0.380 e. The summed E-state index contributed by atoms with van der Waals surface area (Å²) < 4.78 is 5.17. The molecule has 3 rings (SSSR count). The Morgan fingerprint density at radius 1 is 0.931 bits per heavy atom. The van der Waals surface area contributed by atoms with Crippen molar-refractivity contribution in [3.8, 4) is 0 Å². The van der Waals surface area contributed by atoms with E-state index in [-0.39, 0.29) is 11.8 Å². The van der Waals surface area contributed by atoms with Crippen LogP contribution >= 0.6 is 0 Å². The fourth-order valence-corrected chi connectivity index (χ4v) is 3.59. The van der Waals surface area contributed by atoms with Gasteiger partial charge in [-0.05, 0) is 55.8 Å². The monoisotopic (exact) mass is 395 g/mol. The Bertz CT molecular complexity index is 830. The zero-order valence-electron chi connectivity index (χ0n) is 16.9. The summed E-state index contributed by atoms with van der Waals surface area (Å²) in [4.78, 5) is 27.3. The first-order valence-electron chi connectivity index (χ1n) is 10.2. The number of ether oxygens (including phenoxy) is 1. The van der Waals surface area contributed by atoms with E-state index in [4.69, 9.17) is 4.74 Å². The third kappa shape index (κ3) is 6.41. The maximum absolute atomic E-state index is 12.7. The highest BCUT2D eigenvalue weighted by Gasteiger charge is 2.14. The highest BCUT2D eigenvalue weighted by Crippen LogP contribution is 2.18. The second kappa shape index (κ2) is 10.7. The average Bonchev–Trinajstić information content (AvgIpc) is 2.97. The van der Waals surface area contributed by atoms with Crippen molar-refractivity contribution in [3.63, 3.8) is 0 Å². The van der Waals surface area contributed by atoms with E-state index in [0.29, 0.717) is 30.1 Å². The number of nitrogens with one attached hydrogen (secondary N) is 2. The zero-order valence-corrected chi connectivity index (χ0v) is 16.9. The van der Waals surface area contributed by atoms with E-state index in [0.717, 1.165) is 31.5 Å². The second-order valence-corrected chi connectivity index (χ2v) is 7.36. The van der Waals surface area contributed by atoms with Crippen LogP contribution in [0.3, 0.4) is 0 Å². The van der Waals surface area contributed by atoms with Gasteiger partial charge in [0.05, 0.1) is 13.2 Å². The van der Waals surface area contributed by atoms with Crippen LogP contribution < -0.4 is 10.6 Å². The number of rotatable bonds is 7. The predicted octanol–water partition coefficient (Wildman–Crippen LogP) is 3.90. The lowest BCUT2D eigenvalue weighted by Crippen LogP contribution is -2.33. The van der Waals surface area contributed by atoms with Crippen molar-refractivity contribution < 1.29 is 14.3 Å². The van der Waals surface area contributed by atoms with Gasteiger partial charge in [0, 0.05) is 24.0 Å². The van der Waals surface area contributed by atoms with Crippen molar-refractivity contribution in [1.82, 2.24) is 4.90 Å². The number of hydrogen-bond donors (Lipinski definition) is 2. The predicted molar refractivity (Wildman–Crippen MR) is 115 cm³/mol. The third-order valence-electron chi connectivity index (χ3n) is 5.03. The molecule has 6 heteroatoms. The molecule has 0 unspecified atom stereocenters. The van der Waals surface area contributed by atoms with Crippen LogP contribution in [0.4, 0.5) is 11.4 Å². The van der Waals surface area contributed by atoms with Crippen molar-refractivity contribution in [3.05, 3.63) is 59.7 Å². The number of methoxy groups -OCH3 is 1. The number of hydrogen-bond acceptors (Lipinski definition) is 4. The molecule has 1 heterocycles. The minimum absolute atomic E-state index is 0.0270. The van der Waals surface area contributed by atoms with Gasteiger partial charge in [0.1, 0.15) is 0 Å². The smallest absolute Gasteiger partial charge is 0.256 e. The SMILES string of the molecule is COCc1ccccc1C(=O)Nc1cccc(NC(=O)CN2CCCCCC2)c1. The van der Waals surface area contributed by atoms with Gasteiger partial charge in [0.25, 0.3) is 5.91 Å². The highest BCUT2D eigenvalue weighted by molar-refractivity contribution is 6.05. The van der Waals surface area contributed by atoms with Crippen molar-refractivity contribution in [2.24, 2.45) is 0 Å². The molecule has 0 aromatic heterocycles. The summed E-state index contributed by atoms with van der Waals surface area (Å²) in [5.41, 5.74) is 2.71. The summed E-state index contributed by atoms with van der Waals surface area (Å²) in [5, 5.41) is 5.85. The molecule has 0 bridgehead atoms. The molecule has 0 saturated carbocycles. The van der Waals surface area contributed by atoms with Crippen molar-refractivity contribution in [1.29, 1.82) is 0 Å². The summed E-state index contributed by atoms with van der Waals surface area (Å²) in [6.45, 7) is 2.73. The van der Waals surface area contributed by atoms with Crippen LogP contribution in [0.1, 0.15) is 41.6 Å². The van der Waals surface area contributed by atoms with Crippen LogP contribution in [0.2, 0.25) is 0 Å². The first-order valence-corrected chi connectivity index (χ1v) is 10.2. The van der Waals surface area contributed by atoms with Crippen LogP contribution in [0, 0.1) is 0 Å². The highest BCUT2D eigenvalue weighted by atomic mass is 16.5. The Morgan fingerprint density at radius 3 is 2.34 bits per heavy atom. The van der Waals surface area contributed by atoms with Gasteiger partial charge >= 0.3 is 0 Å². The van der Waals surface area contributed by atoms with Crippen LogP contribution in [0.25, 0.3) is 0 Å².